The van der Waals surface area contributed by atoms with Crippen molar-refractivity contribution >= 4 is 21.4 Å². The lowest BCUT2D eigenvalue weighted by molar-refractivity contribution is 0.274. The number of halogens is 2. The molecule has 118 valence electrons. The lowest BCUT2D eigenvalue weighted by Gasteiger charge is -2.34. The van der Waals surface area contributed by atoms with Crippen molar-refractivity contribution in [2.24, 2.45) is 11.8 Å². The Balaban J connectivity index is 2.27. The Morgan fingerprint density at radius 3 is 2.76 bits per heavy atom. The van der Waals surface area contributed by atoms with Gasteiger partial charge in [0, 0.05) is 6.26 Å². The van der Waals surface area contributed by atoms with Crippen LogP contribution in [0.5, 0.6) is 0 Å². The molecule has 3 atom stereocenters. The zero-order valence-electron chi connectivity index (χ0n) is 11.9. The second-order valence-electron chi connectivity index (χ2n) is 5.67. The molecule has 3 unspecified atom stereocenters. The van der Waals surface area contributed by atoms with E-state index >= 15 is 0 Å². The first-order valence-electron chi connectivity index (χ1n) is 6.93. The Hall–Kier alpha value is -0.690. The van der Waals surface area contributed by atoms with Crippen LogP contribution in [0.3, 0.4) is 0 Å². The van der Waals surface area contributed by atoms with Crippen LogP contribution < -0.4 is 11.3 Å². The molecular formula is C14H20ClFN2O2S. The summed E-state index contributed by atoms with van der Waals surface area (Å²) in [6, 6.07) is 4.25. The summed E-state index contributed by atoms with van der Waals surface area (Å²) >= 11 is 6.02. The van der Waals surface area contributed by atoms with Gasteiger partial charge in [-0.15, -0.1) is 0 Å². The van der Waals surface area contributed by atoms with Crippen molar-refractivity contribution in [3.8, 4) is 0 Å². The predicted molar refractivity (Wildman–Crippen MR) is 82.1 cm³/mol. The molecule has 1 saturated carbocycles. The number of nitrogens with two attached hydrogens (primary N) is 1. The molecule has 0 amide bonds. The van der Waals surface area contributed by atoms with E-state index in [1.54, 1.807) is 12.1 Å². The number of hydrogen-bond acceptors (Lipinski definition) is 4. The van der Waals surface area contributed by atoms with Crippen molar-refractivity contribution in [2.75, 3.05) is 6.26 Å². The molecule has 0 heterocycles. The molecule has 1 aliphatic rings. The molecule has 0 saturated heterocycles. The van der Waals surface area contributed by atoms with Crippen molar-refractivity contribution in [3.63, 3.8) is 0 Å². The van der Waals surface area contributed by atoms with Gasteiger partial charge >= 0.3 is 0 Å². The highest BCUT2D eigenvalue weighted by Crippen LogP contribution is 2.39. The van der Waals surface area contributed by atoms with Crippen LogP contribution in [-0.2, 0) is 9.84 Å². The van der Waals surface area contributed by atoms with Gasteiger partial charge in [0.05, 0.1) is 16.3 Å². The summed E-state index contributed by atoms with van der Waals surface area (Å²) in [4.78, 5) is 0. The monoisotopic (exact) mass is 334 g/mol. The third-order valence-corrected chi connectivity index (χ3v) is 6.28. The van der Waals surface area contributed by atoms with E-state index in [9.17, 15) is 12.8 Å². The fraction of sp³-hybridized carbons (Fsp3) is 0.571. The molecule has 1 aliphatic carbocycles. The van der Waals surface area contributed by atoms with Crippen LogP contribution in [0.4, 0.5) is 4.39 Å². The van der Waals surface area contributed by atoms with E-state index in [2.05, 4.69) is 5.43 Å². The average Bonchev–Trinajstić information content (AvgIpc) is 2.44. The van der Waals surface area contributed by atoms with Gasteiger partial charge in [0.2, 0.25) is 0 Å². The first-order chi connectivity index (χ1) is 9.84. The SMILES string of the molecule is CS(=O)(=O)C1CCCC(C(NN)c2cccc(F)c2Cl)C1. The van der Waals surface area contributed by atoms with Gasteiger partial charge in [0.1, 0.15) is 15.7 Å². The van der Waals surface area contributed by atoms with Crippen LogP contribution in [0.25, 0.3) is 0 Å². The van der Waals surface area contributed by atoms with Gasteiger partial charge in [-0.05, 0) is 36.8 Å². The van der Waals surface area contributed by atoms with Gasteiger partial charge in [-0.3, -0.25) is 11.3 Å². The quantitative estimate of drug-likeness (QED) is 0.655. The number of rotatable bonds is 4. The van der Waals surface area contributed by atoms with Gasteiger partial charge in [-0.1, -0.05) is 30.2 Å². The third-order valence-electron chi connectivity index (χ3n) is 4.24. The summed E-state index contributed by atoms with van der Waals surface area (Å²) in [5.41, 5.74) is 3.26. The molecule has 0 spiro atoms. The third kappa shape index (κ3) is 3.74. The first-order valence-corrected chi connectivity index (χ1v) is 9.26. The normalized spacial score (nSPS) is 24.8. The molecule has 1 aromatic rings. The molecule has 0 radical (unpaired) electrons. The molecule has 0 aromatic heterocycles. The predicted octanol–water partition coefficient (Wildman–Crippen LogP) is 2.59. The van der Waals surface area contributed by atoms with Gasteiger partial charge in [0.15, 0.2) is 0 Å². The summed E-state index contributed by atoms with van der Waals surface area (Å²) in [6.45, 7) is 0. The maximum Gasteiger partial charge on any atom is 0.150 e. The van der Waals surface area contributed by atoms with Crippen LogP contribution in [0, 0.1) is 11.7 Å². The summed E-state index contributed by atoms with van der Waals surface area (Å²) in [5, 5.41) is -0.318. The highest BCUT2D eigenvalue weighted by Gasteiger charge is 2.34. The molecule has 0 bridgehead atoms. The van der Waals surface area contributed by atoms with Gasteiger partial charge in [0.25, 0.3) is 0 Å². The zero-order valence-corrected chi connectivity index (χ0v) is 13.4. The molecule has 1 fully saturated rings. The van der Waals surface area contributed by atoms with Crippen LogP contribution in [0.2, 0.25) is 5.02 Å². The summed E-state index contributed by atoms with van der Waals surface area (Å²) < 4.78 is 37.1. The van der Waals surface area contributed by atoms with E-state index in [0.717, 1.165) is 12.8 Å². The number of hydrazine groups is 1. The van der Waals surface area contributed by atoms with E-state index in [-0.39, 0.29) is 22.2 Å². The number of nitrogens with one attached hydrogen (secondary N) is 1. The highest BCUT2D eigenvalue weighted by molar-refractivity contribution is 7.91. The van der Waals surface area contributed by atoms with Gasteiger partial charge < -0.3 is 0 Å². The van der Waals surface area contributed by atoms with E-state index in [4.69, 9.17) is 17.4 Å². The van der Waals surface area contributed by atoms with Gasteiger partial charge in [-0.2, -0.15) is 0 Å². The zero-order chi connectivity index (χ0) is 15.6. The number of hydrogen-bond donors (Lipinski definition) is 2. The van der Waals surface area contributed by atoms with Gasteiger partial charge in [-0.25, -0.2) is 12.8 Å². The smallest absolute Gasteiger partial charge is 0.150 e. The van der Waals surface area contributed by atoms with Crippen molar-refractivity contribution in [2.45, 2.75) is 37.0 Å². The average molecular weight is 335 g/mol. The highest BCUT2D eigenvalue weighted by atomic mass is 35.5. The minimum atomic E-state index is -3.08. The summed E-state index contributed by atoms with van der Waals surface area (Å²) in [7, 11) is -3.08. The van der Waals surface area contributed by atoms with Crippen molar-refractivity contribution in [1.82, 2.24) is 5.43 Å². The maximum absolute atomic E-state index is 13.6. The molecule has 1 aromatic carbocycles. The Morgan fingerprint density at radius 1 is 1.43 bits per heavy atom. The van der Waals surface area contributed by atoms with E-state index in [1.807, 2.05) is 0 Å². The molecule has 2 rings (SSSR count). The van der Waals surface area contributed by atoms with Crippen molar-refractivity contribution < 1.29 is 12.8 Å². The molecular weight excluding hydrogens is 315 g/mol. The topological polar surface area (TPSA) is 72.2 Å². The first kappa shape index (κ1) is 16.7. The number of sulfone groups is 1. The summed E-state index contributed by atoms with van der Waals surface area (Å²) in [5.74, 6) is 5.15. The Bertz CT molecular complexity index is 609. The molecule has 21 heavy (non-hydrogen) atoms. The van der Waals surface area contributed by atoms with E-state index < -0.39 is 15.7 Å². The molecule has 4 nitrogen and oxygen atoms in total. The molecule has 3 N–H and O–H groups in total. The van der Waals surface area contributed by atoms with Crippen LogP contribution in [-0.4, -0.2) is 19.9 Å². The lowest BCUT2D eigenvalue weighted by atomic mass is 9.81. The number of benzene rings is 1. The minimum Gasteiger partial charge on any atom is -0.271 e. The summed E-state index contributed by atoms with van der Waals surface area (Å²) in [6.07, 6.45) is 4.10. The second kappa shape index (κ2) is 6.60. The largest absolute Gasteiger partial charge is 0.271 e. The maximum atomic E-state index is 13.6. The fourth-order valence-corrected chi connectivity index (χ4v) is 4.55. The van der Waals surface area contributed by atoms with E-state index in [0.29, 0.717) is 18.4 Å². The van der Waals surface area contributed by atoms with Crippen molar-refractivity contribution in [3.05, 3.63) is 34.6 Å². The Kier molecular flexibility index (Phi) is 5.24. The molecule has 0 aliphatic heterocycles. The van der Waals surface area contributed by atoms with Crippen LogP contribution >= 0.6 is 11.6 Å². The van der Waals surface area contributed by atoms with Crippen molar-refractivity contribution in [1.29, 1.82) is 0 Å². The minimum absolute atomic E-state index is 0.0165. The lowest BCUT2D eigenvalue weighted by Crippen LogP contribution is -2.38. The van der Waals surface area contributed by atoms with E-state index in [1.165, 1.54) is 12.3 Å². The molecule has 7 heteroatoms. The Morgan fingerprint density at radius 2 is 2.14 bits per heavy atom. The van der Waals surface area contributed by atoms with Crippen LogP contribution in [0.1, 0.15) is 37.3 Å². The Labute approximate surface area is 129 Å². The second-order valence-corrected chi connectivity index (χ2v) is 8.37. The van der Waals surface area contributed by atoms with Crippen LogP contribution in [0.15, 0.2) is 18.2 Å². The fourth-order valence-electron chi connectivity index (χ4n) is 3.11. The standard InChI is InChI=1S/C14H20ClFN2O2S/c1-21(19,20)10-5-2-4-9(8-10)14(18-17)11-6-3-7-12(16)13(11)15/h3,6-7,9-10,14,18H,2,4-5,8,17H2,1H3.